The predicted molar refractivity (Wildman–Crippen MR) is 105 cm³/mol. The zero-order valence-corrected chi connectivity index (χ0v) is 16.0. The summed E-state index contributed by atoms with van der Waals surface area (Å²) in [4.78, 5) is 12.3. The molecule has 0 bridgehead atoms. The van der Waals surface area contributed by atoms with Gasteiger partial charge in [0.25, 0.3) is 0 Å². The molecule has 3 nitrogen and oxygen atoms in total. The summed E-state index contributed by atoms with van der Waals surface area (Å²) < 4.78 is 11.3. The number of hydrogen-bond acceptors (Lipinski definition) is 3. The van der Waals surface area contributed by atoms with Crippen LogP contribution in [0.25, 0.3) is 11.0 Å². The maximum Gasteiger partial charge on any atom is 0.339 e. The SMILES string of the molecule is O=c1oc2cc(OCc3c(Cl)cccc3Cl)c(Cl)cc2c2c1CCCC2. The second-order valence-corrected chi connectivity index (χ2v) is 7.54. The summed E-state index contributed by atoms with van der Waals surface area (Å²) in [5.41, 5.74) is 2.72. The molecule has 1 aliphatic carbocycles. The largest absolute Gasteiger partial charge is 0.487 e. The van der Waals surface area contributed by atoms with Gasteiger partial charge in [0.2, 0.25) is 0 Å². The number of rotatable bonds is 3. The molecule has 6 heteroatoms. The van der Waals surface area contributed by atoms with Crippen molar-refractivity contribution in [2.75, 3.05) is 0 Å². The minimum absolute atomic E-state index is 0.166. The molecule has 134 valence electrons. The highest BCUT2D eigenvalue weighted by molar-refractivity contribution is 6.36. The first-order valence-electron chi connectivity index (χ1n) is 8.38. The lowest BCUT2D eigenvalue weighted by atomic mass is 9.91. The van der Waals surface area contributed by atoms with Crippen molar-refractivity contribution < 1.29 is 9.15 Å². The summed E-state index contributed by atoms with van der Waals surface area (Å²) in [6, 6.07) is 8.75. The molecule has 0 saturated carbocycles. The van der Waals surface area contributed by atoms with Crippen LogP contribution in [0.3, 0.4) is 0 Å². The van der Waals surface area contributed by atoms with Gasteiger partial charge < -0.3 is 9.15 Å². The maximum atomic E-state index is 12.3. The normalized spacial score (nSPS) is 13.7. The number of hydrogen-bond donors (Lipinski definition) is 0. The van der Waals surface area contributed by atoms with E-state index in [1.165, 1.54) is 0 Å². The van der Waals surface area contributed by atoms with Gasteiger partial charge in [-0.1, -0.05) is 40.9 Å². The molecule has 0 atom stereocenters. The van der Waals surface area contributed by atoms with Crippen molar-refractivity contribution in [3.05, 3.63) is 72.5 Å². The van der Waals surface area contributed by atoms with E-state index < -0.39 is 0 Å². The van der Waals surface area contributed by atoms with Crippen LogP contribution in [-0.4, -0.2) is 0 Å². The van der Waals surface area contributed by atoms with Crippen LogP contribution in [0.4, 0.5) is 0 Å². The molecule has 1 aliphatic rings. The van der Waals surface area contributed by atoms with Crippen molar-refractivity contribution in [3.8, 4) is 5.75 Å². The molecule has 0 unspecified atom stereocenters. The Kier molecular flexibility index (Phi) is 4.87. The van der Waals surface area contributed by atoms with Gasteiger partial charge in [-0.05, 0) is 49.4 Å². The quantitative estimate of drug-likeness (QED) is 0.483. The van der Waals surface area contributed by atoms with Crippen molar-refractivity contribution in [3.63, 3.8) is 0 Å². The molecular weight excluding hydrogens is 395 g/mol. The van der Waals surface area contributed by atoms with E-state index in [4.69, 9.17) is 44.0 Å². The predicted octanol–water partition coefficient (Wildman–Crippen LogP) is 6.21. The molecule has 0 spiro atoms. The highest BCUT2D eigenvalue weighted by Crippen LogP contribution is 2.35. The van der Waals surface area contributed by atoms with Gasteiger partial charge in [-0.25, -0.2) is 4.79 Å². The minimum atomic E-state index is -0.269. The van der Waals surface area contributed by atoms with Crippen LogP contribution >= 0.6 is 34.8 Å². The first kappa shape index (κ1) is 17.7. The van der Waals surface area contributed by atoms with Crippen molar-refractivity contribution >= 4 is 45.8 Å². The van der Waals surface area contributed by atoms with Crippen molar-refractivity contribution in [1.82, 2.24) is 0 Å². The maximum absolute atomic E-state index is 12.3. The van der Waals surface area contributed by atoms with Crippen molar-refractivity contribution in [2.24, 2.45) is 0 Å². The van der Waals surface area contributed by atoms with E-state index in [0.717, 1.165) is 42.2 Å². The van der Waals surface area contributed by atoms with E-state index in [0.29, 0.717) is 32.0 Å². The Morgan fingerprint density at radius 1 is 0.962 bits per heavy atom. The fourth-order valence-corrected chi connectivity index (χ4v) is 4.10. The summed E-state index contributed by atoms with van der Waals surface area (Å²) in [6.45, 7) is 0.166. The first-order valence-corrected chi connectivity index (χ1v) is 9.52. The molecule has 1 aromatic heterocycles. The molecule has 0 saturated heterocycles. The Morgan fingerprint density at radius 2 is 1.65 bits per heavy atom. The second-order valence-electron chi connectivity index (χ2n) is 6.32. The lowest BCUT2D eigenvalue weighted by molar-refractivity contribution is 0.306. The molecule has 4 rings (SSSR count). The summed E-state index contributed by atoms with van der Waals surface area (Å²) in [5, 5.41) is 2.39. The topological polar surface area (TPSA) is 39.4 Å². The number of halogens is 3. The van der Waals surface area contributed by atoms with Gasteiger partial charge in [-0.3, -0.25) is 0 Å². The zero-order chi connectivity index (χ0) is 18.3. The third-order valence-corrected chi connectivity index (χ3v) is 5.71. The van der Waals surface area contributed by atoms with Crippen LogP contribution in [0.15, 0.2) is 39.5 Å². The summed E-state index contributed by atoms with van der Waals surface area (Å²) in [7, 11) is 0. The van der Waals surface area contributed by atoms with Crippen LogP contribution in [-0.2, 0) is 19.4 Å². The number of aryl methyl sites for hydroxylation is 1. The van der Waals surface area contributed by atoms with Crippen LogP contribution < -0.4 is 10.4 Å². The van der Waals surface area contributed by atoms with Crippen LogP contribution in [0.5, 0.6) is 5.75 Å². The Morgan fingerprint density at radius 3 is 2.38 bits per heavy atom. The fraction of sp³-hybridized carbons (Fsp3) is 0.250. The second kappa shape index (κ2) is 7.15. The third kappa shape index (κ3) is 3.20. The van der Waals surface area contributed by atoms with Crippen molar-refractivity contribution in [2.45, 2.75) is 32.3 Å². The Hall–Kier alpha value is -1.68. The summed E-state index contributed by atoms with van der Waals surface area (Å²) >= 11 is 18.8. The smallest absolute Gasteiger partial charge is 0.339 e. The average molecular weight is 410 g/mol. The first-order chi connectivity index (χ1) is 12.5. The van der Waals surface area contributed by atoms with E-state index in [1.54, 1.807) is 24.3 Å². The molecule has 0 amide bonds. The monoisotopic (exact) mass is 408 g/mol. The Bertz CT molecular complexity index is 1040. The number of ether oxygens (including phenoxy) is 1. The molecule has 0 radical (unpaired) electrons. The van der Waals surface area contributed by atoms with E-state index in [-0.39, 0.29) is 12.2 Å². The third-order valence-electron chi connectivity index (χ3n) is 4.71. The minimum Gasteiger partial charge on any atom is -0.487 e. The van der Waals surface area contributed by atoms with Crippen LogP contribution in [0.1, 0.15) is 29.5 Å². The fourth-order valence-electron chi connectivity index (χ4n) is 3.38. The molecule has 2 aromatic carbocycles. The number of fused-ring (bicyclic) bond motifs is 3. The van der Waals surface area contributed by atoms with E-state index in [9.17, 15) is 4.79 Å². The summed E-state index contributed by atoms with van der Waals surface area (Å²) in [6.07, 6.45) is 3.70. The molecule has 0 N–H and O–H groups in total. The molecule has 0 aliphatic heterocycles. The van der Waals surface area contributed by atoms with Gasteiger partial charge in [0, 0.05) is 32.6 Å². The zero-order valence-electron chi connectivity index (χ0n) is 13.8. The molecule has 0 fully saturated rings. The van der Waals surface area contributed by atoms with Crippen molar-refractivity contribution in [1.29, 1.82) is 0 Å². The van der Waals surface area contributed by atoms with Gasteiger partial charge in [0.1, 0.15) is 17.9 Å². The van der Waals surface area contributed by atoms with Crippen LogP contribution in [0, 0.1) is 0 Å². The van der Waals surface area contributed by atoms with E-state index in [2.05, 4.69) is 0 Å². The highest BCUT2D eigenvalue weighted by atomic mass is 35.5. The average Bonchev–Trinajstić information content (AvgIpc) is 2.63. The van der Waals surface area contributed by atoms with Gasteiger partial charge in [-0.2, -0.15) is 0 Å². The van der Waals surface area contributed by atoms with Gasteiger partial charge >= 0.3 is 5.63 Å². The van der Waals surface area contributed by atoms with Crippen LogP contribution in [0.2, 0.25) is 15.1 Å². The Labute approximate surface area is 165 Å². The van der Waals surface area contributed by atoms with Gasteiger partial charge in [0.15, 0.2) is 0 Å². The molecular formula is C20H15Cl3O3. The standard InChI is InChI=1S/C20H15Cl3O3/c21-15-6-3-7-16(22)14(15)10-25-19-9-18-13(8-17(19)23)11-4-1-2-5-12(11)20(24)26-18/h3,6-9H,1-2,4-5,10H2. The molecule has 1 heterocycles. The summed E-state index contributed by atoms with van der Waals surface area (Å²) in [5.74, 6) is 0.425. The number of benzene rings is 2. The van der Waals surface area contributed by atoms with Gasteiger partial charge in [0.05, 0.1) is 5.02 Å². The van der Waals surface area contributed by atoms with Gasteiger partial charge in [-0.15, -0.1) is 0 Å². The molecule has 26 heavy (non-hydrogen) atoms. The lowest BCUT2D eigenvalue weighted by Gasteiger charge is -2.17. The molecule has 3 aromatic rings. The van der Waals surface area contributed by atoms with E-state index >= 15 is 0 Å². The highest BCUT2D eigenvalue weighted by Gasteiger charge is 2.19. The Balaban J connectivity index is 1.73. The van der Waals surface area contributed by atoms with E-state index in [1.807, 2.05) is 6.07 Å². The lowest BCUT2D eigenvalue weighted by Crippen LogP contribution is -2.15.